The third kappa shape index (κ3) is 1.57. The minimum Gasteiger partial charge on any atom is -0.507 e. The second-order valence-electron chi connectivity index (χ2n) is 3.47. The van der Waals surface area contributed by atoms with Gasteiger partial charge in [0.1, 0.15) is 5.75 Å². The van der Waals surface area contributed by atoms with Crippen molar-refractivity contribution in [2.24, 2.45) is 5.73 Å². The van der Waals surface area contributed by atoms with E-state index in [0.29, 0.717) is 6.54 Å². The largest absolute Gasteiger partial charge is 0.507 e. The summed E-state index contributed by atoms with van der Waals surface area (Å²) in [6, 6.07) is 5.39. The molecule has 3 N–H and O–H groups in total. The fraction of sp³-hybridized carbons (Fsp3) is 0.364. The van der Waals surface area contributed by atoms with Crippen LogP contribution in [0.25, 0.3) is 10.9 Å². The van der Waals surface area contributed by atoms with E-state index in [1.165, 1.54) is 0 Å². The van der Waals surface area contributed by atoms with Crippen LogP contribution in [0, 0.1) is 0 Å². The maximum Gasteiger partial charge on any atom is 0.126 e. The van der Waals surface area contributed by atoms with E-state index in [4.69, 9.17) is 5.73 Å². The average Bonchev–Trinajstić information content (AvgIpc) is 2.58. The topological polar surface area (TPSA) is 64.1 Å². The molecule has 4 heteroatoms. The second kappa shape index (κ2) is 3.90. The molecule has 0 spiro atoms. The van der Waals surface area contributed by atoms with Crippen LogP contribution < -0.4 is 5.73 Å². The summed E-state index contributed by atoms with van der Waals surface area (Å²) in [6.45, 7) is 3.39. The zero-order chi connectivity index (χ0) is 10.8. The van der Waals surface area contributed by atoms with Gasteiger partial charge in [0.2, 0.25) is 0 Å². The van der Waals surface area contributed by atoms with E-state index in [9.17, 15) is 5.11 Å². The van der Waals surface area contributed by atoms with Gasteiger partial charge in [-0.2, -0.15) is 5.10 Å². The Labute approximate surface area is 88.3 Å². The number of nitrogens with zero attached hydrogens (tertiary/aromatic N) is 2. The number of phenolic OH excluding ortho intramolecular Hbond substituents is 1. The van der Waals surface area contributed by atoms with E-state index in [2.05, 4.69) is 5.10 Å². The molecule has 0 aliphatic heterocycles. The minimum atomic E-state index is 0.288. The van der Waals surface area contributed by atoms with Gasteiger partial charge in [-0.3, -0.25) is 4.68 Å². The van der Waals surface area contributed by atoms with Crippen molar-refractivity contribution in [3.8, 4) is 5.75 Å². The molecule has 1 aromatic carbocycles. The van der Waals surface area contributed by atoms with Crippen LogP contribution in [0.5, 0.6) is 5.75 Å². The van der Waals surface area contributed by atoms with Gasteiger partial charge in [-0.25, -0.2) is 0 Å². The first-order chi connectivity index (χ1) is 7.27. The highest BCUT2D eigenvalue weighted by Gasteiger charge is 2.12. The van der Waals surface area contributed by atoms with Crippen LogP contribution >= 0.6 is 0 Å². The monoisotopic (exact) mass is 205 g/mol. The first kappa shape index (κ1) is 9.98. The highest BCUT2D eigenvalue weighted by Crippen LogP contribution is 2.27. The smallest absolute Gasteiger partial charge is 0.126 e. The lowest BCUT2D eigenvalue weighted by Crippen LogP contribution is -2.09. The predicted octanol–water partition coefficient (Wildman–Crippen LogP) is 1.26. The number of hydrogen-bond acceptors (Lipinski definition) is 3. The molecule has 0 bridgehead atoms. The summed E-state index contributed by atoms with van der Waals surface area (Å²) in [5, 5.41) is 15.0. The van der Waals surface area contributed by atoms with Crippen molar-refractivity contribution < 1.29 is 5.11 Å². The third-order valence-electron chi connectivity index (χ3n) is 2.53. The average molecular weight is 205 g/mol. The molecular formula is C11H15N3O. The normalized spacial score (nSPS) is 11.1. The summed E-state index contributed by atoms with van der Waals surface area (Å²) < 4.78 is 1.90. The fourth-order valence-corrected chi connectivity index (χ4v) is 1.88. The molecule has 15 heavy (non-hydrogen) atoms. The van der Waals surface area contributed by atoms with Crippen molar-refractivity contribution in [1.82, 2.24) is 9.78 Å². The molecule has 0 unspecified atom stereocenters. The molecule has 0 fully saturated rings. The number of rotatable bonds is 3. The predicted molar refractivity (Wildman–Crippen MR) is 59.8 cm³/mol. The van der Waals surface area contributed by atoms with E-state index < -0.39 is 0 Å². The molecule has 4 nitrogen and oxygen atoms in total. The Hall–Kier alpha value is -1.55. The van der Waals surface area contributed by atoms with Crippen LogP contribution in [-0.4, -0.2) is 21.4 Å². The van der Waals surface area contributed by atoms with Gasteiger partial charge in [-0.1, -0.05) is 6.07 Å². The second-order valence-corrected chi connectivity index (χ2v) is 3.47. The Morgan fingerprint density at radius 1 is 1.47 bits per heavy atom. The van der Waals surface area contributed by atoms with Gasteiger partial charge < -0.3 is 10.8 Å². The molecule has 80 valence electrons. The van der Waals surface area contributed by atoms with Crippen molar-refractivity contribution >= 4 is 10.9 Å². The summed E-state index contributed by atoms with van der Waals surface area (Å²) in [5.74, 6) is 0.288. The first-order valence-corrected chi connectivity index (χ1v) is 5.15. The van der Waals surface area contributed by atoms with Crippen molar-refractivity contribution in [3.05, 3.63) is 23.9 Å². The standard InChI is InChI=1S/C11H15N3O/c1-2-14-9(6-7-12)11-8(13-14)4-3-5-10(11)15/h3-5,15H,2,6-7,12H2,1H3. The number of aromatic nitrogens is 2. The number of aromatic hydroxyl groups is 1. The number of phenols is 1. The Kier molecular flexibility index (Phi) is 2.60. The van der Waals surface area contributed by atoms with Crippen molar-refractivity contribution in [2.75, 3.05) is 6.54 Å². The molecule has 2 aromatic rings. The van der Waals surface area contributed by atoms with Gasteiger partial charge in [0.25, 0.3) is 0 Å². The van der Waals surface area contributed by atoms with Crippen LogP contribution in [0.15, 0.2) is 18.2 Å². The zero-order valence-electron chi connectivity index (χ0n) is 8.77. The van der Waals surface area contributed by atoms with Crippen molar-refractivity contribution in [2.45, 2.75) is 19.9 Å². The van der Waals surface area contributed by atoms with Crippen LogP contribution in [0.1, 0.15) is 12.6 Å². The van der Waals surface area contributed by atoms with Crippen LogP contribution in [0.4, 0.5) is 0 Å². The fourth-order valence-electron chi connectivity index (χ4n) is 1.88. The van der Waals surface area contributed by atoms with E-state index in [-0.39, 0.29) is 5.75 Å². The van der Waals surface area contributed by atoms with E-state index >= 15 is 0 Å². The van der Waals surface area contributed by atoms with Gasteiger partial charge in [0.05, 0.1) is 16.6 Å². The molecule has 1 heterocycles. The quantitative estimate of drug-likeness (QED) is 0.793. The molecule has 0 amide bonds. The number of aryl methyl sites for hydroxylation is 1. The summed E-state index contributed by atoms with van der Waals surface area (Å²) >= 11 is 0. The summed E-state index contributed by atoms with van der Waals surface area (Å²) in [7, 11) is 0. The highest BCUT2D eigenvalue weighted by molar-refractivity contribution is 5.87. The van der Waals surface area contributed by atoms with Gasteiger partial charge in [-0.05, 0) is 25.6 Å². The van der Waals surface area contributed by atoms with E-state index in [0.717, 1.165) is 29.6 Å². The van der Waals surface area contributed by atoms with Crippen LogP contribution in [-0.2, 0) is 13.0 Å². The van der Waals surface area contributed by atoms with Gasteiger partial charge in [0.15, 0.2) is 0 Å². The lowest BCUT2D eigenvalue weighted by atomic mass is 10.1. The Morgan fingerprint density at radius 3 is 2.93 bits per heavy atom. The zero-order valence-corrected chi connectivity index (χ0v) is 8.77. The molecule has 0 aliphatic rings. The Balaban J connectivity index is 2.70. The van der Waals surface area contributed by atoms with Crippen LogP contribution in [0.3, 0.4) is 0 Å². The van der Waals surface area contributed by atoms with Crippen LogP contribution in [0.2, 0.25) is 0 Å². The minimum absolute atomic E-state index is 0.288. The molecule has 0 radical (unpaired) electrons. The molecule has 0 atom stereocenters. The summed E-state index contributed by atoms with van der Waals surface area (Å²) in [4.78, 5) is 0. The lowest BCUT2D eigenvalue weighted by Gasteiger charge is -2.03. The Bertz CT molecular complexity index is 476. The van der Waals surface area contributed by atoms with Crippen molar-refractivity contribution in [1.29, 1.82) is 0 Å². The SMILES string of the molecule is CCn1nc2cccc(O)c2c1CCN. The molecule has 0 saturated carbocycles. The summed E-state index contributed by atoms with van der Waals surface area (Å²) in [5.41, 5.74) is 7.42. The van der Waals surface area contributed by atoms with Crippen molar-refractivity contribution in [3.63, 3.8) is 0 Å². The number of fused-ring (bicyclic) bond motifs is 1. The number of nitrogens with two attached hydrogens (primary N) is 1. The Morgan fingerprint density at radius 2 is 2.27 bits per heavy atom. The maximum absolute atomic E-state index is 9.79. The van der Waals surface area contributed by atoms with E-state index in [1.807, 2.05) is 17.7 Å². The number of benzene rings is 1. The molecule has 1 aromatic heterocycles. The van der Waals surface area contributed by atoms with Gasteiger partial charge in [-0.15, -0.1) is 0 Å². The van der Waals surface area contributed by atoms with Gasteiger partial charge in [0, 0.05) is 13.0 Å². The molecule has 0 saturated heterocycles. The molecule has 2 rings (SSSR count). The molecular weight excluding hydrogens is 190 g/mol. The van der Waals surface area contributed by atoms with E-state index in [1.54, 1.807) is 12.1 Å². The maximum atomic E-state index is 9.79. The van der Waals surface area contributed by atoms with Gasteiger partial charge >= 0.3 is 0 Å². The molecule has 0 aliphatic carbocycles. The lowest BCUT2D eigenvalue weighted by molar-refractivity contribution is 0.481. The third-order valence-corrected chi connectivity index (χ3v) is 2.53. The first-order valence-electron chi connectivity index (χ1n) is 5.15. The number of hydrogen-bond donors (Lipinski definition) is 2. The summed E-state index contributed by atoms with van der Waals surface area (Å²) in [6.07, 6.45) is 0.738. The highest BCUT2D eigenvalue weighted by atomic mass is 16.3.